The van der Waals surface area contributed by atoms with Gasteiger partial charge in [-0.15, -0.1) is 0 Å². The zero-order valence-corrected chi connectivity index (χ0v) is 18.3. The van der Waals surface area contributed by atoms with Gasteiger partial charge in [0.15, 0.2) is 0 Å². The van der Waals surface area contributed by atoms with Crippen LogP contribution in [0.25, 0.3) is 11.3 Å². The third-order valence-corrected chi connectivity index (χ3v) is 5.28. The number of nitrogens with zero attached hydrogens (tertiary/aromatic N) is 2. The van der Waals surface area contributed by atoms with Gasteiger partial charge < -0.3 is 10.6 Å². The van der Waals surface area contributed by atoms with Crippen molar-refractivity contribution in [2.24, 2.45) is 0 Å². The van der Waals surface area contributed by atoms with Crippen molar-refractivity contribution < 1.29 is 9.59 Å². The van der Waals surface area contributed by atoms with Gasteiger partial charge in [0.05, 0.1) is 5.69 Å². The number of carbonyl (C=O) groups excluding carboxylic acids is 2. The molecular weight excluding hydrogens is 392 g/mol. The summed E-state index contributed by atoms with van der Waals surface area (Å²) in [6, 6.07) is 13.4. The number of aryl methyl sites for hydroxylation is 2. The molecule has 1 aromatic heterocycles. The van der Waals surface area contributed by atoms with Crippen molar-refractivity contribution >= 4 is 23.2 Å². The molecule has 160 valence electrons. The molecule has 0 aliphatic rings. The fourth-order valence-electron chi connectivity index (χ4n) is 3.20. The second-order valence-corrected chi connectivity index (χ2v) is 7.62. The van der Waals surface area contributed by atoms with Crippen molar-refractivity contribution in [3.8, 4) is 11.3 Å². The van der Waals surface area contributed by atoms with Gasteiger partial charge in [0, 0.05) is 29.9 Å². The van der Waals surface area contributed by atoms with Gasteiger partial charge in [-0.05, 0) is 62.6 Å². The van der Waals surface area contributed by atoms with E-state index in [-0.39, 0.29) is 17.4 Å². The summed E-state index contributed by atoms with van der Waals surface area (Å²) in [5, 5.41) is 10.1. The van der Waals surface area contributed by atoms with E-state index >= 15 is 0 Å². The van der Waals surface area contributed by atoms with Gasteiger partial charge in [-0.25, -0.2) is 4.68 Å². The molecule has 0 unspecified atom stereocenters. The topological polar surface area (TPSA) is 93.1 Å². The Kier molecular flexibility index (Phi) is 6.34. The summed E-state index contributed by atoms with van der Waals surface area (Å²) in [4.78, 5) is 36.7. The highest BCUT2D eigenvalue weighted by Crippen LogP contribution is 2.24. The van der Waals surface area contributed by atoms with Crippen molar-refractivity contribution in [2.45, 2.75) is 40.7 Å². The molecule has 0 fully saturated rings. The van der Waals surface area contributed by atoms with Gasteiger partial charge in [-0.2, -0.15) is 5.10 Å². The highest BCUT2D eigenvalue weighted by Gasteiger charge is 2.19. The Labute approximate surface area is 181 Å². The highest BCUT2D eigenvalue weighted by molar-refractivity contribution is 5.94. The molecule has 0 aliphatic heterocycles. The van der Waals surface area contributed by atoms with E-state index in [0.717, 1.165) is 22.3 Å². The molecule has 2 amide bonds. The number of carbonyl (C=O) groups is 2. The fourth-order valence-corrected chi connectivity index (χ4v) is 3.20. The summed E-state index contributed by atoms with van der Waals surface area (Å²) in [6.45, 7) is 8.88. The monoisotopic (exact) mass is 418 g/mol. The van der Waals surface area contributed by atoms with Gasteiger partial charge in [0.2, 0.25) is 11.8 Å². The van der Waals surface area contributed by atoms with E-state index in [1.165, 1.54) is 17.7 Å². The third kappa shape index (κ3) is 4.88. The maximum Gasteiger partial charge on any atom is 0.267 e. The normalized spacial score (nSPS) is 11.6. The second-order valence-electron chi connectivity index (χ2n) is 7.62. The molecule has 2 aromatic carbocycles. The molecule has 0 saturated carbocycles. The smallest absolute Gasteiger partial charge is 0.267 e. The van der Waals surface area contributed by atoms with Crippen molar-refractivity contribution in [1.82, 2.24) is 9.78 Å². The number of hydrogen-bond acceptors (Lipinski definition) is 4. The number of hydrogen-bond donors (Lipinski definition) is 2. The van der Waals surface area contributed by atoms with Crippen LogP contribution >= 0.6 is 0 Å². The van der Waals surface area contributed by atoms with Crippen LogP contribution in [0, 0.1) is 20.8 Å². The van der Waals surface area contributed by atoms with Crippen LogP contribution in [-0.4, -0.2) is 21.6 Å². The van der Waals surface area contributed by atoms with Gasteiger partial charge in [0.1, 0.15) is 6.04 Å². The van der Waals surface area contributed by atoms with Crippen LogP contribution in [0.1, 0.15) is 36.6 Å². The number of nitrogens with one attached hydrogen (secondary N) is 2. The average Bonchev–Trinajstić information content (AvgIpc) is 2.72. The van der Waals surface area contributed by atoms with Crippen molar-refractivity contribution in [1.29, 1.82) is 0 Å². The van der Waals surface area contributed by atoms with Gasteiger partial charge in [0.25, 0.3) is 5.56 Å². The van der Waals surface area contributed by atoms with Crippen LogP contribution in [0.4, 0.5) is 11.4 Å². The molecule has 7 nitrogen and oxygen atoms in total. The molecule has 0 bridgehead atoms. The van der Waals surface area contributed by atoms with E-state index in [4.69, 9.17) is 0 Å². The lowest BCUT2D eigenvalue weighted by molar-refractivity contribution is -0.119. The number of aromatic nitrogens is 2. The lowest BCUT2D eigenvalue weighted by Gasteiger charge is -2.17. The number of rotatable bonds is 5. The number of benzene rings is 2. The molecule has 1 heterocycles. The number of anilines is 2. The first-order valence-corrected chi connectivity index (χ1v) is 10.0. The first-order chi connectivity index (χ1) is 14.7. The zero-order valence-electron chi connectivity index (χ0n) is 18.3. The molecule has 1 atom stereocenters. The van der Waals surface area contributed by atoms with Gasteiger partial charge in [-0.3, -0.25) is 14.4 Å². The van der Waals surface area contributed by atoms with E-state index in [0.29, 0.717) is 17.1 Å². The second kappa shape index (κ2) is 8.95. The van der Waals surface area contributed by atoms with E-state index in [2.05, 4.69) is 15.7 Å². The molecule has 0 spiro atoms. The largest absolute Gasteiger partial charge is 0.326 e. The van der Waals surface area contributed by atoms with Gasteiger partial charge in [-0.1, -0.05) is 24.3 Å². The number of amides is 2. The van der Waals surface area contributed by atoms with E-state index in [1.807, 2.05) is 51.1 Å². The molecule has 0 aliphatic carbocycles. The maximum atomic E-state index is 12.8. The molecule has 7 heteroatoms. The van der Waals surface area contributed by atoms with Crippen LogP contribution < -0.4 is 16.2 Å². The summed E-state index contributed by atoms with van der Waals surface area (Å²) >= 11 is 0. The Morgan fingerprint density at radius 2 is 1.68 bits per heavy atom. The maximum absolute atomic E-state index is 12.8. The van der Waals surface area contributed by atoms with Crippen molar-refractivity contribution in [3.63, 3.8) is 0 Å². The minimum atomic E-state index is -0.812. The Bertz CT molecular complexity index is 1210. The summed E-state index contributed by atoms with van der Waals surface area (Å²) in [5.41, 5.74) is 5.21. The molecule has 3 aromatic rings. The first-order valence-electron chi connectivity index (χ1n) is 10.0. The Hall–Kier alpha value is -3.74. The lowest BCUT2D eigenvalue weighted by atomic mass is 10.1. The minimum Gasteiger partial charge on any atom is -0.326 e. The Balaban J connectivity index is 1.92. The lowest BCUT2D eigenvalue weighted by Crippen LogP contribution is -2.33. The molecule has 0 radical (unpaired) electrons. The summed E-state index contributed by atoms with van der Waals surface area (Å²) in [7, 11) is 0. The Morgan fingerprint density at radius 1 is 0.935 bits per heavy atom. The van der Waals surface area contributed by atoms with Crippen LogP contribution in [0.3, 0.4) is 0 Å². The third-order valence-electron chi connectivity index (χ3n) is 5.28. The average molecular weight is 418 g/mol. The van der Waals surface area contributed by atoms with E-state index in [9.17, 15) is 14.4 Å². The van der Waals surface area contributed by atoms with E-state index in [1.54, 1.807) is 19.1 Å². The van der Waals surface area contributed by atoms with Crippen LogP contribution in [0.15, 0.2) is 53.3 Å². The molecular formula is C24H26N4O3. The SMILES string of the molecule is CC(=O)Nc1cc(-c2ccc(=O)n([C@@H](C)C(=O)Nc3cccc(C)c3C)n2)ccc1C. The van der Waals surface area contributed by atoms with Crippen LogP contribution in [0.2, 0.25) is 0 Å². The first kappa shape index (κ1) is 22.0. The molecule has 0 saturated heterocycles. The van der Waals surface area contributed by atoms with Crippen LogP contribution in [-0.2, 0) is 9.59 Å². The standard InChI is InChI=1S/C24H26N4O3/c1-14-7-6-8-20(16(14)3)26-24(31)17(4)28-23(30)12-11-21(27-28)19-10-9-15(2)22(13-19)25-18(5)29/h6-13,17H,1-5H3,(H,25,29)(H,26,31)/t17-/m0/s1. The summed E-state index contributed by atoms with van der Waals surface area (Å²) < 4.78 is 1.17. The van der Waals surface area contributed by atoms with E-state index < -0.39 is 6.04 Å². The highest BCUT2D eigenvalue weighted by atomic mass is 16.2. The quantitative estimate of drug-likeness (QED) is 0.655. The molecule has 31 heavy (non-hydrogen) atoms. The molecule has 2 N–H and O–H groups in total. The summed E-state index contributed by atoms with van der Waals surface area (Å²) in [6.07, 6.45) is 0. The summed E-state index contributed by atoms with van der Waals surface area (Å²) in [5.74, 6) is -0.502. The molecule has 3 rings (SSSR count). The zero-order chi connectivity index (χ0) is 22.7. The Morgan fingerprint density at radius 3 is 2.39 bits per heavy atom. The van der Waals surface area contributed by atoms with Crippen LogP contribution in [0.5, 0.6) is 0 Å². The predicted octanol–water partition coefficient (Wildman–Crippen LogP) is 3.99. The predicted molar refractivity (Wildman–Crippen MR) is 122 cm³/mol. The fraction of sp³-hybridized carbons (Fsp3) is 0.250. The van der Waals surface area contributed by atoms with Crippen molar-refractivity contribution in [3.05, 3.63) is 75.6 Å². The van der Waals surface area contributed by atoms with Crippen molar-refractivity contribution in [2.75, 3.05) is 10.6 Å². The minimum absolute atomic E-state index is 0.171. The van der Waals surface area contributed by atoms with Gasteiger partial charge >= 0.3 is 0 Å².